The van der Waals surface area contributed by atoms with Crippen LogP contribution in [0.15, 0.2) is 29.4 Å². The Kier molecular flexibility index (Phi) is 2.31. The maximum absolute atomic E-state index is 14.0. The van der Waals surface area contributed by atoms with Crippen LogP contribution in [-0.2, 0) is 12.1 Å². The van der Waals surface area contributed by atoms with Crippen LogP contribution in [0, 0.1) is 5.82 Å². The molecule has 0 saturated heterocycles. The van der Waals surface area contributed by atoms with Crippen molar-refractivity contribution in [3.63, 3.8) is 0 Å². The summed E-state index contributed by atoms with van der Waals surface area (Å²) in [6.07, 6.45) is 1.54. The van der Waals surface area contributed by atoms with E-state index in [4.69, 9.17) is 11.5 Å². The van der Waals surface area contributed by atoms with E-state index in [0.29, 0.717) is 29.3 Å². The lowest BCUT2D eigenvalue weighted by atomic mass is 9.90. The third-order valence-electron chi connectivity index (χ3n) is 3.28. The molecule has 0 radical (unpaired) electrons. The summed E-state index contributed by atoms with van der Waals surface area (Å²) in [6, 6.07) is 4.42. The fourth-order valence-corrected chi connectivity index (χ4v) is 2.32. The highest BCUT2D eigenvalue weighted by atomic mass is 19.1. The van der Waals surface area contributed by atoms with E-state index in [2.05, 4.69) is 15.3 Å². The van der Waals surface area contributed by atoms with E-state index in [0.717, 1.165) is 0 Å². The van der Waals surface area contributed by atoms with Gasteiger partial charge in [0.2, 0.25) is 0 Å². The molecule has 0 saturated carbocycles. The molecule has 19 heavy (non-hydrogen) atoms. The number of amidine groups is 1. The lowest BCUT2D eigenvalue weighted by molar-refractivity contribution is 0.359. The van der Waals surface area contributed by atoms with Crippen LogP contribution in [0.5, 0.6) is 0 Å². The zero-order valence-electron chi connectivity index (χ0n) is 10.3. The van der Waals surface area contributed by atoms with Crippen LogP contribution < -0.4 is 11.5 Å². The largest absolute Gasteiger partial charge is 0.399 e. The summed E-state index contributed by atoms with van der Waals surface area (Å²) in [5.41, 5.74) is 12.3. The normalized spacial score (nSPS) is 21.9. The highest BCUT2D eigenvalue weighted by molar-refractivity contribution is 5.96. The number of nitrogen functional groups attached to an aromatic ring is 1. The fourth-order valence-electron chi connectivity index (χ4n) is 2.32. The smallest absolute Gasteiger partial charge is 0.146 e. The maximum Gasteiger partial charge on any atom is 0.146 e. The molecular weight excluding hydrogens is 247 g/mol. The first kappa shape index (κ1) is 11.6. The second-order valence-electron chi connectivity index (χ2n) is 4.79. The number of fused-ring (bicyclic) bond motifs is 1. The van der Waals surface area contributed by atoms with Gasteiger partial charge < -0.3 is 11.5 Å². The highest BCUT2D eigenvalue weighted by Gasteiger charge is 2.35. The Balaban J connectivity index is 2.15. The van der Waals surface area contributed by atoms with E-state index in [9.17, 15) is 4.39 Å². The Bertz CT molecular complexity index is 677. The zero-order chi connectivity index (χ0) is 13.6. The van der Waals surface area contributed by atoms with Crippen molar-refractivity contribution in [2.24, 2.45) is 10.7 Å². The van der Waals surface area contributed by atoms with E-state index in [1.807, 2.05) is 0 Å². The lowest BCUT2D eigenvalue weighted by Gasteiger charge is -2.30. The summed E-state index contributed by atoms with van der Waals surface area (Å²) in [5.74, 6) is -0.0719. The van der Waals surface area contributed by atoms with Gasteiger partial charge in [-0.2, -0.15) is 0 Å². The number of nitrogens with two attached hydrogens (primary N) is 2. The third kappa shape index (κ3) is 1.74. The number of aromatic nitrogens is 3. The SMILES string of the molecule is C[C@@]1(c2cc(N)ccc2F)Cn2nncc2C(N)=N1. The van der Waals surface area contributed by atoms with Gasteiger partial charge in [0, 0.05) is 11.3 Å². The minimum atomic E-state index is -0.843. The van der Waals surface area contributed by atoms with Gasteiger partial charge in [-0.25, -0.2) is 9.07 Å². The molecule has 3 rings (SSSR count). The third-order valence-corrected chi connectivity index (χ3v) is 3.28. The minimum absolute atomic E-state index is 0.292. The molecule has 0 unspecified atom stereocenters. The molecule has 0 aliphatic carbocycles. The number of rotatable bonds is 1. The monoisotopic (exact) mass is 260 g/mol. The number of hydrogen-bond donors (Lipinski definition) is 2. The molecular formula is C12H13FN6. The van der Waals surface area contributed by atoms with E-state index in [1.165, 1.54) is 18.3 Å². The quantitative estimate of drug-likeness (QED) is 0.735. The van der Waals surface area contributed by atoms with Gasteiger partial charge >= 0.3 is 0 Å². The molecule has 1 atom stereocenters. The van der Waals surface area contributed by atoms with Crippen LogP contribution in [0.1, 0.15) is 18.2 Å². The van der Waals surface area contributed by atoms with Crippen molar-refractivity contribution in [2.45, 2.75) is 19.0 Å². The molecule has 1 aromatic heterocycles. The Hall–Kier alpha value is -2.44. The Morgan fingerprint density at radius 1 is 1.37 bits per heavy atom. The first-order chi connectivity index (χ1) is 8.99. The summed E-state index contributed by atoms with van der Waals surface area (Å²) in [6.45, 7) is 2.16. The average Bonchev–Trinajstić information content (AvgIpc) is 2.80. The van der Waals surface area contributed by atoms with Crippen LogP contribution in [0.25, 0.3) is 0 Å². The van der Waals surface area contributed by atoms with Gasteiger partial charge in [-0.15, -0.1) is 5.10 Å². The average molecular weight is 260 g/mol. The summed E-state index contributed by atoms with van der Waals surface area (Å²) in [7, 11) is 0. The van der Waals surface area contributed by atoms with Crippen LogP contribution >= 0.6 is 0 Å². The summed E-state index contributed by atoms with van der Waals surface area (Å²) < 4.78 is 15.6. The van der Waals surface area contributed by atoms with Crippen molar-refractivity contribution in [2.75, 3.05) is 5.73 Å². The number of hydrogen-bond acceptors (Lipinski definition) is 5. The lowest BCUT2D eigenvalue weighted by Crippen LogP contribution is -2.37. The van der Waals surface area contributed by atoms with Crippen LogP contribution in [0.4, 0.5) is 10.1 Å². The van der Waals surface area contributed by atoms with Gasteiger partial charge in [0.15, 0.2) is 0 Å². The van der Waals surface area contributed by atoms with Crippen molar-refractivity contribution in [1.29, 1.82) is 0 Å². The molecule has 1 aromatic carbocycles. The molecule has 7 heteroatoms. The Morgan fingerprint density at radius 3 is 2.95 bits per heavy atom. The number of aliphatic imine (C=N–C) groups is 1. The molecule has 2 heterocycles. The van der Waals surface area contributed by atoms with Gasteiger partial charge in [-0.3, -0.25) is 4.99 Å². The summed E-state index contributed by atoms with van der Waals surface area (Å²) in [5, 5.41) is 7.72. The van der Waals surface area contributed by atoms with E-state index in [-0.39, 0.29) is 5.82 Å². The van der Waals surface area contributed by atoms with Crippen LogP contribution in [-0.4, -0.2) is 20.8 Å². The van der Waals surface area contributed by atoms with Crippen molar-refractivity contribution >= 4 is 11.5 Å². The van der Waals surface area contributed by atoms with Gasteiger partial charge in [0.05, 0.1) is 12.7 Å². The summed E-state index contributed by atoms with van der Waals surface area (Å²) in [4.78, 5) is 4.40. The van der Waals surface area contributed by atoms with E-state index < -0.39 is 5.54 Å². The first-order valence-electron chi connectivity index (χ1n) is 5.79. The summed E-state index contributed by atoms with van der Waals surface area (Å²) >= 11 is 0. The fraction of sp³-hybridized carbons (Fsp3) is 0.250. The molecule has 2 aromatic rings. The second kappa shape index (κ2) is 3.78. The molecule has 1 aliphatic heterocycles. The van der Waals surface area contributed by atoms with Crippen LogP contribution in [0.2, 0.25) is 0 Å². The molecule has 0 bridgehead atoms. The van der Waals surface area contributed by atoms with Gasteiger partial charge in [-0.1, -0.05) is 5.21 Å². The first-order valence-corrected chi connectivity index (χ1v) is 5.79. The maximum atomic E-state index is 14.0. The van der Waals surface area contributed by atoms with Crippen molar-refractivity contribution in [3.8, 4) is 0 Å². The molecule has 4 N–H and O–H groups in total. The second-order valence-corrected chi connectivity index (χ2v) is 4.79. The molecule has 98 valence electrons. The van der Waals surface area contributed by atoms with Crippen molar-refractivity contribution in [3.05, 3.63) is 41.5 Å². The topological polar surface area (TPSA) is 95.1 Å². The highest BCUT2D eigenvalue weighted by Crippen LogP contribution is 2.33. The number of halogens is 1. The van der Waals surface area contributed by atoms with Gasteiger partial charge in [-0.05, 0) is 25.1 Å². The molecule has 0 spiro atoms. The number of nitrogens with zero attached hydrogens (tertiary/aromatic N) is 4. The Labute approximate surface area is 108 Å². The predicted octanol–water partition coefficient (Wildman–Crippen LogP) is 0.634. The van der Waals surface area contributed by atoms with Crippen LogP contribution in [0.3, 0.4) is 0 Å². The predicted molar refractivity (Wildman–Crippen MR) is 68.9 cm³/mol. The molecule has 6 nitrogen and oxygen atoms in total. The van der Waals surface area contributed by atoms with Gasteiger partial charge in [0.25, 0.3) is 0 Å². The molecule has 0 amide bonds. The molecule has 1 aliphatic rings. The number of benzene rings is 1. The number of anilines is 1. The van der Waals surface area contributed by atoms with Crippen molar-refractivity contribution < 1.29 is 4.39 Å². The van der Waals surface area contributed by atoms with E-state index >= 15 is 0 Å². The zero-order valence-corrected chi connectivity index (χ0v) is 10.3. The molecule has 0 fully saturated rings. The standard InChI is InChI=1S/C12H13FN6/c1-12(8-4-7(14)2-3-9(8)13)6-19-10(5-16-18-19)11(15)17-12/h2-5H,6,14H2,1H3,(H2,15,17)/t12-/m0/s1. The Morgan fingerprint density at radius 2 is 2.16 bits per heavy atom. The van der Waals surface area contributed by atoms with Gasteiger partial charge in [0.1, 0.15) is 22.9 Å². The van der Waals surface area contributed by atoms with Crippen molar-refractivity contribution in [1.82, 2.24) is 15.0 Å². The minimum Gasteiger partial charge on any atom is -0.399 e. The van der Waals surface area contributed by atoms with E-state index in [1.54, 1.807) is 17.7 Å².